The van der Waals surface area contributed by atoms with Gasteiger partial charge in [0.1, 0.15) is 5.82 Å². The van der Waals surface area contributed by atoms with Crippen molar-refractivity contribution < 1.29 is 22.3 Å². The van der Waals surface area contributed by atoms with E-state index in [0.29, 0.717) is 25.1 Å². The van der Waals surface area contributed by atoms with Gasteiger partial charge in [0.2, 0.25) is 0 Å². The zero-order valence-electron chi connectivity index (χ0n) is 11.1. The third kappa shape index (κ3) is 5.71. The first kappa shape index (κ1) is 16.7. The Kier molecular flexibility index (Phi) is 6.67. The maximum atomic E-state index is 13.1. The number of hydrogen-bond acceptors (Lipinski definition) is 2. The number of halogens is 4. The minimum atomic E-state index is -4.67. The van der Waals surface area contributed by atoms with Crippen molar-refractivity contribution in [2.45, 2.75) is 12.6 Å². The van der Waals surface area contributed by atoms with E-state index in [9.17, 15) is 17.6 Å². The average Bonchev–Trinajstić information content (AvgIpc) is 2.38. The molecular weight excluding hydrogens is 274 g/mol. The maximum Gasteiger partial charge on any atom is 0.419 e. The number of hydrogen-bond donors (Lipinski definition) is 1. The summed E-state index contributed by atoms with van der Waals surface area (Å²) < 4.78 is 55.4. The minimum absolute atomic E-state index is 0.329. The largest absolute Gasteiger partial charge is 0.419 e. The van der Waals surface area contributed by atoms with Crippen LogP contribution in [0.3, 0.4) is 0 Å². The number of nitrogens with one attached hydrogen (secondary N) is 1. The Morgan fingerprint density at radius 1 is 1.25 bits per heavy atom. The Balaban J connectivity index is 2.52. The summed E-state index contributed by atoms with van der Waals surface area (Å²) in [4.78, 5) is 0. The van der Waals surface area contributed by atoms with E-state index in [0.717, 1.165) is 18.7 Å². The summed E-state index contributed by atoms with van der Waals surface area (Å²) in [6.07, 6.45) is -0.710. The fourth-order valence-corrected chi connectivity index (χ4v) is 1.57. The second kappa shape index (κ2) is 8.01. The van der Waals surface area contributed by atoms with E-state index >= 15 is 0 Å². The summed E-state index contributed by atoms with van der Waals surface area (Å²) in [5.74, 6) is -1.25. The Bertz CT molecular complexity index is 443. The molecule has 0 amide bonds. The molecule has 0 spiro atoms. The van der Waals surface area contributed by atoms with Crippen molar-refractivity contribution in [1.29, 1.82) is 0 Å². The van der Waals surface area contributed by atoms with Crippen LogP contribution < -0.4 is 5.32 Å². The predicted octanol–water partition coefficient (Wildman–Crippen LogP) is 3.48. The van der Waals surface area contributed by atoms with E-state index in [4.69, 9.17) is 4.74 Å². The Morgan fingerprint density at radius 3 is 2.65 bits per heavy atom. The first-order valence-corrected chi connectivity index (χ1v) is 6.18. The molecular formula is C14H17F4NO. The topological polar surface area (TPSA) is 21.3 Å². The van der Waals surface area contributed by atoms with Crippen LogP contribution >= 0.6 is 0 Å². The minimum Gasteiger partial charge on any atom is -0.383 e. The van der Waals surface area contributed by atoms with Crippen molar-refractivity contribution in [2.24, 2.45) is 0 Å². The van der Waals surface area contributed by atoms with Gasteiger partial charge >= 0.3 is 6.18 Å². The van der Waals surface area contributed by atoms with Gasteiger partial charge in [-0.05, 0) is 30.7 Å². The van der Waals surface area contributed by atoms with Crippen molar-refractivity contribution in [3.05, 3.63) is 41.2 Å². The summed E-state index contributed by atoms with van der Waals surface area (Å²) in [6, 6.07) is 2.96. The Labute approximate surface area is 115 Å². The van der Waals surface area contributed by atoms with E-state index in [2.05, 4.69) is 5.32 Å². The van der Waals surface area contributed by atoms with Crippen molar-refractivity contribution in [3.8, 4) is 0 Å². The molecule has 0 aliphatic carbocycles. The van der Waals surface area contributed by atoms with Gasteiger partial charge in [0.05, 0.1) is 12.2 Å². The first-order chi connectivity index (χ1) is 9.45. The summed E-state index contributed by atoms with van der Waals surface area (Å²) in [5, 5.41) is 3.10. The molecule has 0 aromatic heterocycles. The molecule has 0 radical (unpaired) electrons. The second-order valence-corrected chi connectivity index (χ2v) is 4.17. The smallest absolute Gasteiger partial charge is 0.383 e. The van der Waals surface area contributed by atoms with Crippen molar-refractivity contribution in [3.63, 3.8) is 0 Å². The molecule has 1 rings (SSSR count). The summed E-state index contributed by atoms with van der Waals surface area (Å²) >= 11 is 0. The number of rotatable bonds is 7. The molecule has 0 saturated heterocycles. The van der Waals surface area contributed by atoms with Crippen LogP contribution in [-0.4, -0.2) is 26.8 Å². The lowest BCUT2D eigenvalue weighted by Gasteiger charge is -2.08. The summed E-state index contributed by atoms with van der Waals surface area (Å²) in [6.45, 7) is 2.03. The van der Waals surface area contributed by atoms with Gasteiger partial charge in [0.25, 0.3) is 0 Å². The number of alkyl halides is 3. The first-order valence-electron chi connectivity index (χ1n) is 6.18. The highest BCUT2D eigenvalue weighted by Crippen LogP contribution is 2.32. The van der Waals surface area contributed by atoms with Crippen LogP contribution in [0, 0.1) is 5.82 Å². The molecule has 0 saturated carbocycles. The number of benzene rings is 1. The quantitative estimate of drug-likeness (QED) is 0.613. The molecule has 0 aliphatic heterocycles. The molecule has 0 fully saturated rings. The average molecular weight is 291 g/mol. The normalized spacial score (nSPS) is 12.2. The van der Waals surface area contributed by atoms with Crippen LogP contribution in [0.4, 0.5) is 17.6 Å². The van der Waals surface area contributed by atoms with Gasteiger partial charge in [-0.3, -0.25) is 0 Å². The number of methoxy groups -OCH3 is 1. The van der Waals surface area contributed by atoms with Gasteiger partial charge in [0, 0.05) is 13.7 Å². The lowest BCUT2D eigenvalue weighted by molar-refractivity contribution is -0.140. The van der Waals surface area contributed by atoms with Gasteiger partial charge < -0.3 is 10.1 Å². The van der Waals surface area contributed by atoms with Crippen LogP contribution in [0.15, 0.2) is 24.3 Å². The molecule has 1 aromatic rings. The van der Waals surface area contributed by atoms with Gasteiger partial charge in [-0.15, -0.1) is 0 Å². The van der Waals surface area contributed by atoms with Crippen LogP contribution in [0.2, 0.25) is 0 Å². The van der Waals surface area contributed by atoms with Gasteiger partial charge in [-0.2, -0.15) is 13.2 Å². The molecule has 2 nitrogen and oxygen atoms in total. The summed E-state index contributed by atoms with van der Waals surface area (Å²) in [5.41, 5.74) is -0.909. The lowest BCUT2D eigenvalue weighted by Crippen LogP contribution is -2.19. The zero-order valence-corrected chi connectivity index (χ0v) is 11.1. The summed E-state index contributed by atoms with van der Waals surface area (Å²) in [7, 11) is 1.61. The van der Waals surface area contributed by atoms with Crippen molar-refractivity contribution in [1.82, 2.24) is 5.32 Å². The van der Waals surface area contributed by atoms with Crippen LogP contribution in [0.25, 0.3) is 6.08 Å². The molecule has 0 aliphatic rings. The highest BCUT2D eigenvalue weighted by molar-refractivity contribution is 5.50. The van der Waals surface area contributed by atoms with Crippen LogP contribution in [0.1, 0.15) is 17.5 Å². The highest BCUT2D eigenvalue weighted by Gasteiger charge is 2.33. The molecule has 1 N–H and O–H groups in total. The molecule has 0 unspecified atom stereocenters. The monoisotopic (exact) mass is 291 g/mol. The Hall–Kier alpha value is -1.40. The SMILES string of the molecule is COCCNCC/C=C/c1ccc(F)c(C(F)(F)F)c1. The maximum absolute atomic E-state index is 13.1. The fourth-order valence-electron chi connectivity index (χ4n) is 1.57. The van der Waals surface area contributed by atoms with Crippen LogP contribution in [-0.2, 0) is 10.9 Å². The van der Waals surface area contributed by atoms with E-state index < -0.39 is 17.6 Å². The van der Waals surface area contributed by atoms with Gasteiger partial charge in [0.15, 0.2) is 0 Å². The predicted molar refractivity (Wildman–Crippen MR) is 69.8 cm³/mol. The highest BCUT2D eigenvalue weighted by atomic mass is 19.4. The van der Waals surface area contributed by atoms with Gasteiger partial charge in [-0.1, -0.05) is 18.2 Å². The van der Waals surface area contributed by atoms with E-state index in [1.54, 1.807) is 19.3 Å². The lowest BCUT2D eigenvalue weighted by atomic mass is 10.1. The third-order valence-corrected chi connectivity index (χ3v) is 2.58. The number of ether oxygens (including phenoxy) is 1. The standard InChI is InChI=1S/C14H17F4NO/c1-20-9-8-19-7-3-2-4-11-5-6-13(15)12(10-11)14(16,17)18/h2,4-6,10,19H,3,7-9H2,1H3/b4-2+. The van der Waals surface area contributed by atoms with Crippen molar-refractivity contribution >= 4 is 6.08 Å². The van der Waals surface area contributed by atoms with Crippen molar-refractivity contribution in [2.75, 3.05) is 26.8 Å². The second-order valence-electron chi connectivity index (χ2n) is 4.17. The van der Waals surface area contributed by atoms with Gasteiger partial charge in [-0.25, -0.2) is 4.39 Å². The van der Waals surface area contributed by atoms with E-state index in [-0.39, 0.29) is 0 Å². The molecule has 0 atom stereocenters. The van der Waals surface area contributed by atoms with Crippen LogP contribution in [0.5, 0.6) is 0 Å². The third-order valence-electron chi connectivity index (χ3n) is 2.58. The fraction of sp³-hybridized carbons (Fsp3) is 0.429. The molecule has 0 bridgehead atoms. The Morgan fingerprint density at radius 2 is 2.00 bits per heavy atom. The molecule has 6 heteroatoms. The molecule has 112 valence electrons. The zero-order chi connectivity index (χ0) is 15.0. The molecule has 20 heavy (non-hydrogen) atoms. The molecule has 1 aromatic carbocycles. The molecule has 0 heterocycles. The van der Waals surface area contributed by atoms with E-state index in [1.165, 1.54) is 6.07 Å². The van der Waals surface area contributed by atoms with E-state index in [1.807, 2.05) is 0 Å².